The van der Waals surface area contributed by atoms with E-state index in [1.165, 1.54) is 5.69 Å². The molecule has 29 heavy (non-hydrogen) atoms. The molecule has 2 fully saturated rings. The molecule has 1 aromatic heterocycles. The topological polar surface area (TPSA) is 81.9 Å². The van der Waals surface area contributed by atoms with Crippen molar-refractivity contribution < 1.29 is 14.7 Å². The number of aliphatic carboxylic acids is 1. The van der Waals surface area contributed by atoms with Crippen molar-refractivity contribution in [3.63, 3.8) is 0 Å². The van der Waals surface area contributed by atoms with Crippen LogP contribution in [-0.4, -0.2) is 75.7 Å². The SMILES string of the molecule is CN1CCc2nc(N3CCN(C4CCC(CCC(=O)O)CC4)C3=O)n(C)c2CC1. The highest BCUT2D eigenvalue weighted by Crippen LogP contribution is 2.33. The highest BCUT2D eigenvalue weighted by atomic mass is 16.4. The summed E-state index contributed by atoms with van der Waals surface area (Å²) < 4.78 is 2.12. The number of urea groups is 1. The smallest absolute Gasteiger partial charge is 0.327 e. The van der Waals surface area contributed by atoms with Gasteiger partial charge in [0.25, 0.3) is 0 Å². The molecule has 160 valence electrons. The van der Waals surface area contributed by atoms with Crippen LogP contribution >= 0.6 is 0 Å². The van der Waals surface area contributed by atoms with E-state index < -0.39 is 5.97 Å². The Labute approximate surface area is 172 Å². The number of hydrogen-bond donors (Lipinski definition) is 1. The number of fused-ring (bicyclic) bond motifs is 1. The van der Waals surface area contributed by atoms with Crippen LogP contribution in [0.15, 0.2) is 0 Å². The van der Waals surface area contributed by atoms with E-state index in [2.05, 4.69) is 16.5 Å². The fraction of sp³-hybridized carbons (Fsp3) is 0.762. The van der Waals surface area contributed by atoms with Gasteiger partial charge in [-0.05, 0) is 45.1 Å². The average molecular weight is 404 g/mol. The number of rotatable bonds is 5. The zero-order valence-electron chi connectivity index (χ0n) is 17.6. The van der Waals surface area contributed by atoms with E-state index in [-0.39, 0.29) is 18.5 Å². The number of hydrogen-bond acceptors (Lipinski definition) is 4. The van der Waals surface area contributed by atoms with Crippen LogP contribution in [0.25, 0.3) is 0 Å². The van der Waals surface area contributed by atoms with E-state index in [4.69, 9.17) is 10.1 Å². The summed E-state index contributed by atoms with van der Waals surface area (Å²) in [5.41, 5.74) is 2.39. The Kier molecular flexibility index (Phi) is 5.81. The van der Waals surface area contributed by atoms with Gasteiger partial charge in [0.2, 0.25) is 5.95 Å². The fourth-order valence-corrected chi connectivity index (χ4v) is 5.18. The van der Waals surface area contributed by atoms with Crippen LogP contribution < -0.4 is 4.90 Å². The van der Waals surface area contributed by atoms with Gasteiger partial charge in [0.15, 0.2) is 0 Å². The quantitative estimate of drug-likeness (QED) is 0.814. The number of likely N-dealkylation sites (N-methyl/N-ethyl adjacent to an activating group) is 1. The normalized spacial score (nSPS) is 25.9. The van der Waals surface area contributed by atoms with Crippen molar-refractivity contribution in [2.45, 2.75) is 57.4 Å². The molecule has 0 bridgehead atoms. The lowest BCUT2D eigenvalue weighted by atomic mass is 9.83. The van der Waals surface area contributed by atoms with Crippen molar-refractivity contribution in [1.82, 2.24) is 19.4 Å². The summed E-state index contributed by atoms with van der Waals surface area (Å²) in [6, 6.07) is 0.361. The standard InChI is InChI=1S/C21H33N5O3/c1-23-11-9-17-18(10-12-23)24(2)20(22-17)26-14-13-25(21(26)29)16-6-3-15(4-7-16)5-8-19(27)28/h15-16H,3-14H2,1-2H3,(H,27,28). The number of nitrogens with zero attached hydrogens (tertiary/aromatic N) is 5. The molecule has 0 unspecified atom stereocenters. The van der Waals surface area contributed by atoms with Crippen LogP contribution in [0.1, 0.15) is 49.9 Å². The molecule has 3 heterocycles. The second-order valence-corrected chi connectivity index (χ2v) is 8.90. The first-order valence-corrected chi connectivity index (χ1v) is 11.0. The Hall–Kier alpha value is -2.09. The zero-order valence-corrected chi connectivity index (χ0v) is 17.6. The fourth-order valence-electron chi connectivity index (χ4n) is 5.18. The van der Waals surface area contributed by atoms with Crippen LogP contribution in [-0.2, 0) is 24.7 Å². The van der Waals surface area contributed by atoms with E-state index >= 15 is 0 Å². The maximum Gasteiger partial charge on any atom is 0.327 e. The Morgan fingerprint density at radius 3 is 2.52 bits per heavy atom. The maximum absolute atomic E-state index is 13.2. The summed E-state index contributed by atoms with van der Waals surface area (Å²) in [6.45, 7) is 3.48. The largest absolute Gasteiger partial charge is 0.481 e. The molecule has 2 amide bonds. The molecule has 8 nitrogen and oxygen atoms in total. The van der Waals surface area contributed by atoms with Crippen LogP contribution in [0.3, 0.4) is 0 Å². The molecule has 3 aliphatic rings. The Balaban J connectivity index is 1.39. The molecule has 0 radical (unpaired) electrons. The van der Waals surface area contributed by atoms with Crippen molar-refractivity contribution in [3.8, 4) is 0 Å². The third-order valence-corrected chi connectivity index (χ3v) is 7.04. The minimum absolute atomic E-state index is 0.0827. The Morgan fingerprint density at radius 2 is 1.79 bits per heavy atom. The highest BCUT2D eigenvalue weighted by molar-refractivity contribution is 5.92. The molecule has 1 aliphatic carbocycles. The van der Waals surface area contributed by atoms with Crippen LogP contribution in [0.5, 0.6) is 0 Å². The molecule has 0 atom stereocenters. The first-order chi connectivity index (χ1) is 13.9. The van der Waals surface area contributed by atoms with Crippen molar-refractivity contribution in [2.75, 3.05) is 38.1 Å². The summed E-state index contributed by atoms with van der Waals surface area (Å²) in [6.07, 6.45) is 6.92. The first kappa shape index (κ1) is 20.2. The number of carbonyl (C=O) groups is 2. The molecular weight excluding hydrogens is 370 g/mol. The number of carboxylic acid groups (broad SMARTS) is 1. The van der Waals surface area contributed by atoms with Gasteiger partial charge in [-0.25, -0.2) is 9.78 Å². The van der Waals surface area contributed by atoms with Gasteiger partial charge < -0.3 is 19.5 Å². The summed E-state index contributed by atoms with van der Waals surface area (Å²) in [5, 5.41) is 8.88. The molecule has 0 aromatic carbocycles. The monoisotopic (exact) mass is 403 g/mol. The van der Waals surface area contributed by atoms with Crippen molar-refractivity contribution in [3.05, 3.63) is 11.4 Å². The van der Waals surface area contributed by atoms with Gasteiger partial charge in [-0.2, -0.15) is 0 Å². The van der Waals surface area contributed by atoms with Gasteiger partial charge in [-0.15, -0.1) is 0 Å². The average Bonchev–Trinajstić information content (AvgIpc) is 3.16. The van der Waals surface area contributed by atoms with E-state index in [0.717, 1.165) is 76.2 Å². The number of aromatic nitrogens is 2. The number of carboxylic acids is 1. The van der Waals surface area contributed by atoms with Crippen molar-refractivity contribution in [1.29, 1.82) is 0 Å². The Bertz CT molecular complexity index is 769. The molecule has 2 aliphatic heterocycles. The van der Waals surface area contributed by atoms with Gasteiger partial charge in [0.1, 0.15) is 0 Å². The van der Waals surface area contributed by atoms with Gasteiger partial charge in [0.05, 0.1) is 5.69 Å². The molecule has 1 N–H and O–H groups in total. The minimum Gasteiger partial charge on any atom is -0.481 e. The van der Waals surface area contributed by atoms with E-state index in [1.54, 1.807) is 0 Å². The summed E-state index contributed by atoms with van der Waals surface area (Å²) >= 11 is 0. The van der Waals surface area contributed by atoms with Gasteiger partial charge in [-0.1, -0.05) is 0 Å². The summed E-state index contributed by atoms with van der Waals surface area (Å²) in [7, 11) is 4.18. The van der Waals surface area contributed by atoms with Gasteiger partial charge in [0, 0.05) is 64.2 Å². The molecular formula is C21H33N5O3. The number of amides is 2. The number of imidazole rings is 1. The van der Waals surface area contributed by atoms with E-state index in [9.17, 15) is 9.59 Å². The van der Waals surface area contributed by atoms with Gasteiger partial charge in [-0.3, -0.25) is 9.69 Å². The number of carbonyl (C=O) groups excluding carboxylic acids is 1. The van der Waals surface area contributed by atoms with Gasteiger partial charge >= 0.3 is 12.0 Å². The highest BCUT2D eigenvalue weighted by Gasteiger charge is 2.38. The zero-order chi connectivity index (χ0) is 20.5. The lowest BCUT2D eigenvalue weighted by Gasteiger charge is -2.34. The lowest BCUT2D eigenvalue weighted by molar-refractivity contribution is -0.137. The lowest BCUT2D eigenvalue weighted by Crippen LogP contribution is -2.41. The van der Waals surface area contributed by atoms with Crippen molar-refractivity contribution in [2.24, 2.45) is 13.0 Å². The number of anilines is 1. The van der Waals surface area contributed by atoms with E-state index in [0.29, 0.717) is 12.5 Å². The summed E-state index contributed by atoms with van der Waals surface area (Å²) in [5.74, 6) is 0.569. The minimum atomic E-state index is -0.711. The third-order valence-electron chi connectivity index (χ3n) is 7.04. The van der Waals surface area contributed by atoms with E-state index in [1.807, 2.05) is 16.8 Å². The second-order valence-electron chi connectivity index (χ2n) is 8.90. The molecule has 1 saturated carbocycles. The predicted molar refractivity (Wildman–Crippen MR) is 110 cm³/mol. The molecule has 4 rings (SSSR count). The predicted octanol–water partition coefficient (Wildman–Crippen LogP) is 2.12. The molecule has 8 heteroatoms. The van der Waals surface area contributed by atoms with Crippen LogP contribution in [0.4, 0.5) is 10.7 Å². The molecule has 0 spiro atoms. The van der Waals surface area contributed by atoms with Crippen LogP contribution in [0, 0.1) is 5.92 Å². The third kappa shape index (κ3) is 4.13. The first-order valence-electron chi connectivity index (χ1n) is 11.0. The second kappa shape index (κ2) is 8.34. The summed E-state index contributed by atoms with van der Waals surface area (Å²) in [4.78, 5) is 35.1. The van der Waals surface area contributed by atoms with Crippen LogP contribution in [0.2, 0.25) is 0 Å². The Morgan fingerprint density at radius 1 is 1.07 bits per heavy atom. The van der Waals surface area contributed by atoms with Crippen molar-refractivity contribution >= 4 is 17.9 Å². The molecule has 1 saturated heterocycles. The molecule has 1 aromatic rings. The maximum atomic E-state index is 13.2.